The molecule has 0 aromatic carbocycles. The maximum absolute atomic E-state index is 11.1. The van der Waals surface area contributed by atoms with Gasteiger partial charge in [0.2, 0.25) is 0 Å². The molecule has 0 aromatic heterocycles. The van der Waals surface area contributed by atoms with Crippen molar-refractivity contribution in [2.45, 2.75) is 52.4 Å². The van der Waals surface area contributed by atoms with Crippen molar-refractivity contribution in [1.82, 2.24) is 0 Å². The van der Waals surface area contributed by atoms with Gasteiger partial charge in [0, 0.05) is 6.42 Å². The predicted molar refractivity (Wildman–Crippen MR) is 61.3 cm³/mol. The van der Waals surface area contributed by atoms with Crippen molar-refractivity contribution < 1.29 is 19.8 Å². The lowest BCUT2D eigenvalue weighted by molar-refractivity contribution is -0.145. The molecule has 0 aliphatic heterocycles. The quantitative estimate of drug-likeness (QED) is 0.638. The SMILES string of the molecule is CCCCC(CC)C(CCC(=O)O)C(=O)O. The first-order valence-corrected chi connectivity index (χ1v) is 5.97. The first kappa shape index (κ1) is 14.9. The average molecular weight is 230 g/mol. The van der Waals surface area contributed by atoms with Crippen molar-refractivity contribution >= 4 is 11.9 Å². The second-order valence-electron chi connectivity index (χ2n) is 4.19. The van der Waals surface area contributed by atoms with Crippen molar-refractivity contribution in [3.8, 4) is 0 Å². The molecular weight excluding hydrogens is 208 g/mol. The average Bonchev–Trinajstić information content (AvgIpc) is 2.21. The first-order chi connectivity index (χ1) is 7.52. The Morgan fingerprint density at radius 3 is 2.12 bits per heavy atom. The molecule has 2 atom stereocenters. The van der Waals surface area contributed by atoms with Gasteiger partial charge in [-0.25, -0.2) is 0 Å². The number of aliphatic carboxylic acids is 2. The van der Waals surface area contributed by atoms with E-state index < -0.39 is 17.9 Å². The van der Waals surface area contributed by atoms with E-state index in [1.165, 1.54) is 0 Å². The summed E-state index contributed by atoms with van der Waals surface area (Å²) in [6.45, 7) is 4.04. The molecule has 94 valence electrons. The summed E-state index contributed by atoms with van der Waals surface area (Å²) in [6, 6.07) is 0. The third-order valence-corrected chi connectivity index (χ3v) is 3.01. The van der Waals surface area contributed by atoms with Crippen LogP contribution in [0.4, 0.5) is 0 Å². The molecule has 16 heavy (non-hydrogen) atoms. The van der Waals surface area contributed by atoms with Crippen molar-refractivity contribution in [3.05, 3.63) is 0 Å². The minimum Gasteiger partial charge on any atom is -0.481 e. The van der Waals surface area contributed by atoms with Gasteiger partial charge in [0.25, 0.3) is 0 Å². The minimum atomic E-state index is -0.920. The van der Waals surface area contributed by atoms with E-state index in [0.717, 1.165) is 25.7 Å². The van der Waals surface area contributed by atoms with Gasteiger partial charge in [-0.2, -0.15) is 0 Å². The van der Waals surface area contributed by atoms with Crippen LogP contribution in [0.2, 0.25) is 0 Å². The van der Waals surface area contributed by atoms with Gasteiger partial charge in [-0.15, -0.1) is 0 Å². The summed E-state index contributed by atoms with van der Waals surface area (Å²) in [5.74, 6) is -2.18. The van der Waals surface area contributed by atoms with E-state index in [-0.39, 0.29) is 18.8 Å². The molecule has 0 rings (SSSR count). The van der Waals surface area contributed by atoms with E-state index in [1.54, 1.807) is 0 Å². The van der Waals surface area contributed by atoms with Gasteiger partial charge in [-0.05, 0) is 18.8 Å². The van der Waals surface area contributed by atoms with Crippen LogP contribution in [0.15, 0.2) is 0 Å². The van der Waals surface area contributed by atoms with Crippen LogP contribution in [0, 0.1) is 11.8 Å². The largest absolute Gasteiger partial charge is 0.481 e. The Bertz CT molecular complexity index is 225. The molecule has 0 amide bonds. The molecule has 2 N–H and O–H groups in total. The van der Waals surface area contributed by atoms with E-state index in [4.69, 9.17) is 10.2 Å². The number of carboxylic acid groups (broad SMARTS) is 2. The number of carboxylic acids is 2. The molecule has 4 nitrogen and oxygen atoms in total. The molecule has 4 heteroatoms. The fraction of sp³-hybridized carbons (Fsp3) is 0.833. The molecule has 0 saturated heterocycles. The zero-order chi connectivity index (χ0) is 12.6. The van der Waals surface area contributed by atoms with Crippen molar-refractivity contribution in [1.29, 1.82) is 0 Å². The third-order valence-electron chi connectivity index (χ3n) is 3.01. The summed E-state index contributed by atoms with van der Waals surface area (Å²) in [6.07, 6.45) is 3.92. The molecule has 0 saturated carbocycles. The second kappa shape index (κ2) is 8.13. The Kier molecular flexibility index (Phi) is 7.60. The molecule has 0 aliphatic rings. The normalized spacial score (nSPS) is 14.4. The Hall–Kier alpha value is -1.06. The highest BCUT2D eigenvalue weighted by Crippen LogP contribution is 2.26. The maximum Gasteiger partial charge on any atom is 0.306 e. The van der Waals surface area contributed by atoms with E-state index in [0.29, 0.717) is 0 Å². The molecule has 0 spiro atoms. The lowest BCUT2D eigenvalue weighted by Gasteiger charge is -2.22. The fourth-order valence-electron chi connectivity index (χ4n) is 2.00. The molecule has 0 heterocycles. The summed E-state index contributed by atoms with van der Waals surface area (Å²) in [7, 11) is 0. The Morgan fingerprint density at radius 2 is 1.75 bits per heavy atom. The smallest absolute Gasteiger partial charge is 0.306 e. The zero-order valence-corrected chi connectivity index (χ0v) is 10.1. The second-order valence-corrected chi connectivity index (χ2v) is 4.19. The van der Waals surface area contributed by atoms with Crippen LogP contribution in [0.25, 0.3) is 0 Å². The third kappa shape index (κ3) is 5.73. The lowest BCUT2D eigenvalue weighted by atomic mass is 9.83. The monoisotopic (exact) mass is 230 g/mol. The molecule has 0 bridgehead atoms. The molecule has 0 fully saturated rings. The van der Waals surface area contributed by atoms with Crippen LogP contribution in [0.5, 0.6) is 0 Å². The van der Waals surface area contributed by atoms with Crippen LogP contribution in [-0.4, -0.2) is 22.2 Å². The summed E-state index contributed by atoms with van der Waals surface area (Å²) in [5, 5.41) is 17.7. The summed E-state index contributed by atoms with van der Waals surface area (Å²) in [5.41, 5.74) is 0. The minimum absolute atomic E-state index is 0.0560. The van der Waals surface area contributed by atoms with Gasteiger partial charge in [0.05, 0.1) is 5.92 Å². The van der Waals surface area contributed by atoms with Gasteiger partial charge in [0.15, 0.2) is 0 Å². The van der Waals surface area contributed by atoms with Crippen molar-refractivity contribution in [3.63, 3.8) is 0 Å². The van der Waals surface area contributed by atoms with Crippen LogP contribution >= 0.6 is 0 Å². The molecule has 0 aromatic rings. The number of hydrogen-bond donors (Lipinski definition) is 2. The number of unbranched alkanes of at least 4 members (excludes halogenated alkanes) is 1. The Balaban J connectivity index is 4.34. The predicted octanol–water partition coefficient (Wildman–Crippen LogP) is 2.77. The van der Waals surface area contributed by atoms with Gasteiger partial charge < -0.3 is 10.2 Å². The van der Waals surface area contributed by atoms with E-state index in [2.05, 4.69) is 6.92 Å². The molecule has 0 aliphatic carbocycles. The van der Waals surface area contributed by atoms with Gasteiger partial charge >= 0.3 is 11.9 Å². The summed E-state index contributed by atoms with van der Waals surface area (Å²) in [4.78, 5) is 21.5. The van der Waals surface area contributed by atoms with Crippen molar-refractivity contribution in [2.75, 3.05) is 0 Å². The Morgan fingerprint density at radius 1 is 1.12 bits per heavy atom. The van der Waals surface area contributed by atoms with Gasteiger partial charge in [-0.3, -0.25) is 9.59 Å². The van der Waals surface area contributed by atoms with Crippen LogP contribution in [0.1, 0.15) is 52.4 Å². The highest BCUT2D eigenvalue weighted by Gasteiger charge is 2.26. The van der Waals surface area contributed by atoms with Crippen LogP contribution < -0.4 is 0 Å². The van der Waals surface area contributed by atoms with Gasteiger partial charge in [-0.1, -0.05) is 33.1 Å². The fourth-order valence-corrected chi connectivity index (χ4v) is 2.00. The number of hydrogen-bond acceptors (Lipinski definition) is 2. The van der Waals surface area contributed by atoms with Crippen molar-refractivity contribution in [2.24, 2.45) is 11.8 Å². The van der Waals surface area contributed by atoms with Crippen LogP contribution in [-0.2, 0) is 9.59 Å². The first-order valence-electron chi connectivity index (χ1n) is 5.97. The highest BCUT2D eigenvalue weighted by molar-refractivity contribution is 5.72. The van der Waals surface area contributed by atoms with Gasteiger partial charge in [0.1, 0.15) is 0 Å². The number of carbonyl (C=O) groups is 2. The summed E-state index contributed by atoms with van der Waals surface area (Å²) >= 11 is 0. The number of rotatable bonds is 9. The molecule has 2 unspecified atom stereocenters. The lowest BCUT2D eigenvalue weighted by Crippen LogP contribution is -2.24. The van der Waals surface area contributed by atoms with E-state index >= 15 is 0 Å². The standard InChI is InChI=1S/C12H22O4/c1-3-5-6-9(4-2)10(12(15)16)7-8-11(13)14/h9-10H,3-8H2,1-2H3,(H,13,14)(H,15,16). The molecule has 0 radical (unpaired) electrons. The van der Waals surface area contributed by atoms with Crippen LogP contribution in [0.3, 0.4) is 0 Å². The Labute approximate surface area is 96.7 Å². The van der Waals surface area contributed by atoms with E-state index in [1.807, 2.05) is 6.92 Å². The maximum atomic E-state index is 11.1. The topological polar surface area (TPSA) is 74.6 Å². The molecular formula is C12H22O4. The zero-order valence-electron chi connectivity index (χ0n) is 10.1. The highest BCUT2D eigenvalue weighted by atomic mass is 16.4. The van der Waals surface area contributed by atoms with E-state index in [9.17, 15) is 9.59 Å². The summed E-state index contributed by atoms with van der Waals surface area (Å²) < 4.78 is 0.